The van der Waals surface area contributed by atoms with Gasteiger partial charge >= 0.3 is 0 Å². The number of anilines is 1. The number of aromatic amines is 1. The van der Waals surface area contributed by atoms with Gasteiger partial charge in [0, 0.05) is 29.9 Å². The minimum Gasteiger partial charge on any atom is -0.373 e. The van der Waals surface area contributed by atoms with Crippen LogP contribution in [0.3, 0.4) is 0 Å². The zero-order valence-electron chi connectivity index (χ0n) is 13.0. The third-order valence-electron chi connectivity index (χ3n) is 4.04. The first-order valence-electron chi connectivity index (χ1n) is 7.62. The summed E-state index contributed by atoms with van der Waals surface area (Å²) in [5.41, 5.74) is 4.32. The van der Waals surface area contributed by atoms with Crippen LogP contribution in [-0.4, -0.2) is 22.0 Å². The van der Waals surface area contributed by atoms with E-state index in [-0.39, 0.29) is 0 Å². The quantitative estimate of drug-likeness (QED) is 0.548. The Morgan fingerprint density at radius 3 is 2.50 bits per heavy atom. The van der Waals surface area contributed by atoms with E-state index in [1.54, 1.807) is 31.6 Å². The lowest BCUT2D eigenvalue weighted by atomic mass is 10.0. The lowest BCUT2D eigenvalue weighted by molar-refractivity contribution is 0.589. The molecule has 0 amide bonds. The molecule has 0 aliphatic rings. The Labute approximate surface area is 138 Å². The molecule has 3 aromatic heterocycles. The molecule has 0 unspecified atom stereocenters. The summed E-state index contributed by atoms with van der Waals surface area (Å²) in [6, 6.07) is 15.3. The second-order valence-corrected chi connectivity index (χ2v) is 5.51. The number of benzene rings is 1. The van der Waals surface area contributed by atoms with Gasteiger partial charge < -0.3 is 10.3 Å². The number of hydrogen-bond acceptors (Lipinski definition) is 3. The molecule has 5 heteroatoms. The summed E-state index contributed by atoms with van der Waals surface area (Å²) < 4.78 is 14.1. The van der Waals surface area contributed by atoms with Gasteiger partial charge in [-0.05, 0) is 35.4 Å². The van der Waals surface area contributed by atoms with Crippen LogP contribution >= 0.6 is 0 Å². The lowest BCUT2D eigenvalue weighted by Crippen LogP contribution is -1.96. The molecular weight excluding hydrogens is 303 g/mol. The average molecular weight is 318 g/mol. The van der Waals surface area contributed by atoms with E-state index in [0.717, 1.165) is 27.7 Å². The van der Waals surface area contributed by atoms with E-state index in [1.807, 2.05) is 30.3 Å². The van der Waals surface area contributed by atoms with Crippen LogP contribution in [0.15, 0.2) is 60.9 Å². The van der Waals surface area contributed by atoms with Crippen molar-refractivity contribution < 1.29 is 4.39 Å². The monoisotopic (exact) mass is 318 g/mol. The second kappa shape index (κ2) is 5.77. The zero-order chi connectivity index (χ0) is 16.5. The molecule has 0 spiro atoms. The van der Waals surface area contributed by atoms with Crippen molar-refractivity contribution in [1.29, 1.82) is 0 Å². The van der Waals surface area contributed by atoms with Crippen molar-refractivity contribution in [3.63, 3.8) is 0 Å². The first-order chi connectivity index (χ1) is 11.7. The van der Waals surface area contributed by atoms with Crippen molar-refractivity contribution >= 4 is 16.7 Å². The fraction of sp³-hybridized carbons (Fsp3) is 0.0526. The van der Waals surface area contributed by atoms with Gasteiger partial charge in [-0.2, -0.15) is 4.39 Å². The van der Waals surface area contributed by atoms with Crippen molar-refractivity contribution in [2.24, 2.45) is 0 Å². The third-order valence-corrected chi connectivity index (χ3v) is 4.04. The minimum absolute atomic E-state index is 0.480. The van der Waals surface area contributed by atoms with Gasteiger partial charge in [-0.25, -0.2) is 4.98 Å². The molecule has 0 saturated heterocycles. The van der Waals surface area contributed by atoms with Crippen LogP contribution in [0.1, 0.15) is 0 Å². The summed E-state index contributed by atoms with van der Waals surface area (Å²) in [6.45, 7) is 0. The van der Waals surface area contributed by atoms with E-state index in [2.05, 4.69) is 26.3 Å². The summed E-state index contributed by atoms with van der Waals surface area (Å²) in [4.78, 5) is 11.3. The predicted octanol–water partition coefficient (Wildman–Crippen LogP) is 4.47. The van der Waals surface area contributed by atoms with Gasteiger partial charge in [0.15, 0.2) is 0 Å². The summed E-state index contributed by atoms with van der Waals surface area (Å²) in [5.74, 6) is 0.0332. The SMILES string of the molecule is CNc1ccc(-c2ccc(-c3cc4ccncc4[nH]3)cc2)c(F)n1. The summed E-state index contributed by atoms with van der Waals surface area (Å²) in [7, 11) is 1.71. The maximum absolute atomic E-state index is 14.1. The van der Waals surface area contributed by atoms with Gasteiger partial charge in [0.1, 0.15) is 5.82 Å². The number of H-pyrrole nitrogens is 1. The molecule has 118 valence electrons. The molecule has 1 aromatic carbocycles. The summed E-state index contributed by atoms with van der Waals surface area (Å²) in [5, 5.41) is 3.94. The van der Waals surface area contributed by atoms with Crippen LogP contribution in [0.5, 0.6) is 0 Å². The molecule has 24 heavy (non-hydrogen) atoms. The Morgan fingerprint density at radius 2 is 1.79 bits per heavy atom. The molecule has 0 aliphatic carbocycles. The van der Waals surface area contributed by atoms with E-state index in [0.29, 0.717) is 11.4 Å². The maximum Gasteiger partial charge on any atom is 0.222 e. The smallest absolute Gasteiger partial charge is 0.222 e. The Hall–Kier alpha value is -3.21. The number of nitrogens with zero attached hydrogens (tertiary/aromatic N) is 2. The summed E-state index contributed by atoms with van der Waals surface area (Å²) in [6.07, 6.45) is 3.57. The van der Waals surface area contributed by atoms with Crippen LogP contribution in [-0.2, 0) is 0 Å². The Bertz CT molecular complexity index is 972. The molecule has 0 aliphatic heterocycles. The molecule has 0 atom stereocenters. The molecule has 4 rings (SSSR count). The van der Waals surface area contributed by atoms with Crippen molar-refractivity contribution in [2.45, 2.75) is 0 Å². The first kappa shape index (κ1) is 14.4. The minimum atomic E-state index is -0.480. The van der Waals surface area contributed by atoms with Crippen molar-refractivity contribution in [1.82, 2.24) is 15.0 Å². The second-order valence-electron chi connectivity index (χ2n) is 5.51. The Balaban J connectivity index is 1.69. The number of fused-ring (bicyclic) bond motifs is 1. The molecule has 0 bridgehead atoms. The van der Waals surface area contributed by atoms with E-state index >= 15 is 0 Å². The van der Waals surface area contributed by atoms with Crippen molar-refractivity contribution in [3.05, 3.63) is 66.9 Å². The van der Waals surface area contributed by atoms with Gasteiger partial charge in [-0.15, -0.1) is 0 Å². The molecular formula is C19H15FN4. The Kier molecular flexibility index (Phi) is 3.46. The van der Waals surface area contributed by atoms with Crippen molar-refractivity contribution in [3.8, 4) is 22.4 Å². The molecule has 0 saturated carbocycles. The van der Waals surface area contributed by atoms with Gasteiger partial charge in [0.25, 0.3) is 0 Å². The number of halogens is 1. The van der Waals surface area contributed by atoms with Crippen LogP contribution in [0.25, 0.3) is 33.3 Å². The molecule has 2 N–H and O–H groups in total. The van der Waals surface area contributed by atoms with E-state index in [9.17, 15) is 4.39 Å². The van der Waals surface area contributed by atoms with Crippen LogP contribution in [0.2, 0.25) is 0 Å². The van der Waals surface area contributed by atoms with Crippen molar-refractivity contribution in [2.75, 3.05) is 12.4 Å². The molecule has 4 aromatic rings. The molecule has 0 fully saturated rings. The van der Waals surface area contributed by atoms with E-state index in [4.69, 9.17) is 0 Å². The third kappa shape index (κ3) is 2.50. The summed E-state index contributed by atoms with van der Waals surface area (Å²) >= 11 is 0. The largest absolute Gasteiger partial charge is 0.373 e. The highest BCUT2D eigenvalue weighted by Gasteiger charge is 2.09. The fourth-order valence-electron chi connectivity index (χ4n) is 2.75. The van der Waals surface area contributed by atoms with Crippen LogP contribution in [0, 0.1) is 5.95 Å². The predicted molar refractivity (Wildman–Crippen MR) is 94.3 cm³/mol. The van der Waals surface area contributed by atoms with Gasteiger partial charge in [-0.3, -0.25) is 4.98 Å². The Morgan fingerprint density at radius 1 is 1.00 bits per heavy atom. The topological polar surface area (TPSA) is 53.6 Å². The molecule has 0 radical (unpaired) electrons. The number of nitrogens with one attached hydrogen (secondary N) is 2. The number of hydrogen-bond donors (Lipinski definition) is 2. The first-order valence-corrected chi connectivity index (χ1v) is 7.62. The molecule has 4 nitrogen and oxygen atoms in total. The van der Waals surface area contributed by atoms with E-state index in [1.165, 1.54) is 0 Å². The fourth-order valence-corrected chi connectivity index (χ4v) is 2.75. The highest BCUT2D eigenvalue weighted by molar-refractivity contribution is 5.85. The number of aromatic nitrogens is 3. The number of pyridine rings is 2. The van der Waals surface area contributed by atoms with Gasteiger partial charge in [0.05, 0.1) is 11.7 Å². The highest BCUT2D eigenvalue weighted by Crippen LogP contribution is 2.28. The number of rotatable bonds is 3. The maximum atomic E-state index is 14.1. The standard InChI is InChI=1S/C19H15FN4/c1-21-18-7-6-15(19(20)24-18)12-2-4-13(5-3-12)16-10-14-8-9-22-11-17(14)23-16/h2-11,23H,1H3,(H,21,24). The highest BCUT2D eigenvalue weighted by atomic mass is 19.1. The van der Waals surface area contributed by atoms with Gasteiger partial charge in [0.2, 0.25) is 5.95 Å². The average Bonchev–Trinajstić information content (AvgIpc) is 3.06. The zero-order valence-corrected chi connectivity index (χ0v) is 13.0. The van der Waals surface area contributed by atoms with Crippen LogP contribution in [0.4, 0.5) is 10.2 Å². The van der Waals surface area contributed by atoms with Gasteiger partial charge in [-0.1, -0.05) is 24.3 Å². The lowest BCUT2D eigenvalue weighted by Gasteiger charge is -2.06. The molecule has 3 heterocycles. The van der Waals surface area contributed by atoms with Crippen LogP contribution < -0.4 is 5.32 Å². The normalized spacial score (nSPS) is 10.9. The van der Waals surface area contributed by atoms with E-state index < -0.39 is 5.95 Å².